The van der Waals surface area contributed by atoms with Crippen LogP contribution in [0.15, 0.2) is 60.7 Å². The van der Waals surface area contributed by atoms with Gasteiger partial charge in [-0.2, -0.15) is 0 Å². The van der Waals surface area contributed by atoms with Crippen LogP contribution >= 0.6 is 0 Å². The number of anilines is 1. The quantitative estimate of drug-likeness (QED) is 0.222. The minimum absolute atomic E-state index is 0.183. The van der Waals surface area contributed by atoms with Crippen LogP contribution in [-0.4, -0.2) is 33.7 Å². The first-order chi connectivity index (χ1) is 16.2. The summed E-state index contributed by atoms with van der Waals surface area (Å²) in [7, 11) is 0. The van der Waals surface area contributed by atoms with Crippen LogP contribution in [0.3, 0.4) is 0 Å². The van der Waals surface area contributed by atoms with Gasteiger partial charge in [0.15, 0.2) is 5.78 Å². The highest BCUT2D eigenvalue weighted by Gasteiger charge is 2.46. The van der Waals surface area contributed by atoms with Crippen LogP contribution in [0.2, 0.25) is 0 Å². The van der Waals surface area contributed by atoms with Crippen LogP contribution in [-0.2, 0) is 14.3 Å². The Morgan fingerprint density at radius 2 is 1.68 bits per heavy atom. The molecule has 1 heterocycles. The van der Waals surface area contributed by atoms with Gasteiger partial charge in [0.2, 0.25) is 5.78 Å². The molecule has 0 unspecified atom stereocenters. The van der Waals surface area contributed by atoms with Gasteiger partial charge in [0.1, 0.15) is 23.5 Å². The number of aryl methyl sites for hydroxylation is 2. The molecule has 3 N–H and O–H groups in total. The summed E-state index contributed by atoms with van der Waals surface area (Å²) >= 11 is 0. The van der Waals surface area contributed by atoms with Crippen LogP contribution in [0, 0.1) is 19.8 Å². The number of rotatable bonds is 6. The first kappa shape index (κ1) is 22.7. The summed E-state index contributed by atoms with van der Waals surface area (Å²) in [5, 5.41) is 22.3. The van der Waals surface area contributed by atoms with Crippen LogP contribution in [0.4, 0.5) is 5.69 Å². The van der Waals surface area contributed by atoms with Crippen molar-refractivity contribution < 1.29 is 34.1 Å². The van der Waals surface area contributed by atoms with E-state index in [1.54, 1.807) is 30.3 Å². The molecule has 0 radical (unpaired) electrons. The van der Waals surface area contributed by atoms with Gasteiger partial charge in [0, 0.05) is 17.3 Å². The Kier molecular flexibility index (Phi) is 5.89. The lowest BCUT2D eigenvalue weighted by molar-refractivity contribution is -0.138. The number of nitrogens with one attached hydrogen (secondary N) is 1. The Morgan fingerprint density at radius 3 is 2.38 bits per heavy atom. The molecule has 8 nitrogen and oxygen atoms in total. The normalized spacial score (nSPS) is 15.2. The lowest BCUT2D eigenvalue weighted by atomic mass is 9.84. The summed E-state index contributed by atoms with van der Waals surface area (Å²) in [6, 6.07) is 14.6. The topological polar surface area (TPSA) is 130 Å². The van der Waals surface area contributed by atoms with Crippen molar-refractivity contribution in [1.82, 2.24) is 0 Å². The van der Waals surface area contributed by atoms with Gasteiger partial charge in [-0.05, 0) is 55.3 Å². The minimum Gasteiger partial charge on any atom is -0.508 e. The molecule has 1 amide bonds. The van der Waals surface area contributed by atoms with Gasteiger partial charge in [0.05, 0.1) is 11.1 Å². The number of ketones is 2. The Hall–Kier alpha value is -4.46. The molecule has 0 aromatic heterocycles. The molecule has 0 spiro atoms. The van der Waals surface area contributed by atoms with Gasteiger partial charge in [-0.3, -0.25) is 14.4 Å². The summed E-state index contributed by atoms with van der Waals surface area (Å²) in [5.41, 5.74) is 2.43. The fraction of sp³-hybridized carbons (Fsp3) is 0.154. The van der Waals surface area contributed by atoms with Crippen molar-refractivity contribution in [2.45, 2.75) is 20.0 Å². The van der Waals surface area contributed by atoms with Gasteiger partial charge in [0.25, 0.3) is 5.91 Å². The van der Waals surface area contributed by atoms with Gasteiger partial charge in [-0.1, -0.05) is 24.3 Å². The SMILES string of the molecule is Cc1ccc(NC(=O)C(=O)[C@@H](C(=O)c2ccc(O)cc2O)[C@H]2OC(=O)c3ccccc32)cc1C. The molecule has 8 heteroatoms. The van der Waals surface area contributed by atoms with Crippen LogP contribution in [0.5, 0.6) is 11.5 Å². The average molecular weight is 459 g/mol. The molecule has 4 rings (SSSR count). The number of phenolic OH excluding ortho intramolecular Hbond substituents is 2. The van der Waals surface area contributed by atoms with E-state index in [1.807, 2.05) is 13.8 Å². The first-order valence-corrected chi connectivity index (χ1v) is 10.5. The number of esters is 1. The molecular weight excluding hydrogens is 438 g/mol. The van der Waals surface area contributed by atoms with Gasteiger partial charge in [-0.25, -0.2) is 4.79 Å². The van der Waals surface area contributed by atoms with Gasteiger partial charge in [-0.15, -0.1) is 0 Å². The van der Waals surface area contributed by atoms with E-state index >= 15 is 0 Å². The van der Waals surface area contributed by atoms with E-state index in [2.05, 4.69) is 5.32 Å². The second kappa shape index (κ2) is 8.82. The largest absolute Gasteiger partial charge is 0.508 e. The van der Waals surface area contributed by atoms with E-state index in [9.17, 15) is 29.4 Å². The maximum absolute atomic E-state index is 13.4. The Labute approximate surface area is 194 Å². The van der Waals surface area contributed by atoms with Gasteiger partial charge < -0.3 is 20.3 Å². The fourth-order valence-electron chi connectivity index (χ4n) is 3.86. The van der Waals surface area contributed by atoms with Crippen molar-refractivity contribution in [3.8, 4) is 11.5 Å². The molecule has 3 aromatic rings. The fourth-order valence-corrected chi connectivity index (χ4v) is 3.86. The number of amides is 1. The van der Waals surface area contributed by atoms with E-state index in [0.29, 0.717) is 5.69 Å². The summed E-state index contributed by atoms with van der Waals surface area (Å²) in [6.07, 6.45) is -1.36. The monoisotopic (exact) mass is 459 g/mol. The highest BCUT2D eigenvalue weighted by Crippen LogP contribution is 2.39. The van der Waals surface area contributed by atoms with Crippen molar-refractivity contribution in [2.24, 2.45) is 5.92 Å². The first-order valence-electron chi connectivity index (χ1n) is 10.5. The molecule has 3 aromatic carbocycles. The zero-order chi connectivity index (χ0) is 24.6. The number of ether oxygens (including phenoxy) is 1. The van der Waals surface area contributed by atoms with Crippen LogP contribution in [0.25, 0.3) is 0 Å². The molecule has 1 aliphatic rings. The zero-order valence-electron chi connectivity index (χ0n) is 18.4. The minimum atomic E-state index is -1.76. The molecule has 0 bridgehead atoms. The number of phenols is 2. The number of carbonyl (C=O) groups is 4. The second-order valence-electron chi connectivity index (χ2n) is 8.07. The molecule has 172 valence electrons. The summed E-state index contributed by atoms with van der Waals surface area (Å²) in [5.74, 6) is -6.47. The number of cyclic esters (lactones) is 1. The maximum atomic E-state index is 13.4. The number of benzene rings is 3. The number of fused-ring (bicyclic) bond motifs is 1. The van der Waals surface area contributed by atoms with Crippen LogP contribution < -0.4 is 5.32 Å². The van der Waals surface area contributed by atoms with Crippen LogP contribution in [0.1, 0.15) is 43.5 Å². The van der Waals surface area contributed by atoms with Crippen molar-refractivity contribution in [2.75, 3.05) is 5.32 Å². The number of hydrogen-bond acceptors (Lipinski definition) is 7. The zero-order valence-corrected chi connectivity index (χ0v) is 18.4. The Balaban J connectivity index is 1.73. The lowest BCUT2D eigenvalue weighted by Gasteiger charge is -2.21. The number of hydrogen-bond donors (Lipinski definition) is 3. The van der Waals surface area contributed by atoms with E-state index in [-0.39, 0.29) is 22.4 Å². The molecule has 1 aliphatic heterocycles. The smallest absolute Gasteiger partial charge is 0.339 e. The third-order valence-electron chi connectivity index (χ3n) is 5.82. The van der Waals surface area contributed by atoms with E-state index in [4.69, 9.17) is 4.74 Å². The molecule has 0 fully saturated rings. The molecule has 0 aliphatic carbocycles. The molecule has 0 saturated heterocycles. The number of aromatic hydroxyl groups is 2. The van der Waals surface area contributed by atoms with Crippen molar-refractivity contribution in [1.29, 1.82) is 0 Å². The highest BCUT2D eigenvalue weighted by atomic mass is 16.5. The maximum Gasteiger partial charge on any atom is 0.339 e. The highest BCUT2D eigenvalue weighted by molar-refractivity contribution is 6.45. The molecule has 34 heavy (non-hydrogen) atoms. The summed E-state index contributed by atoms with van der Waals surface area (Å²) in [6.45, 7) is 3.75. The molecular formula is C26H21NO7. The Morgan fingerprint density at radius 1 is 0.941 bits per heavy atom. The Bertz CT molecular complexity index is 1340. The summed E-state index contributed by atoms with van der Waals surface area (Å²) in [4.78, 5) is 52.1. The third kappa shape index (κ3) is 4.13. The van der Waals surface area contributed by atoms with Crippen molar-refractivity contribution in [3.05, 3.63) is 88.5 Å². The van der Waals surface area contributed by atoms with E-state index in [0.717, 1.165) is 29.3 Å². The summed E-state index contributed by atoms with van der Waals surface area (Å²) < 4.78 is 5.36. The van der Waals surface area contributed by atoms with Gasteiger partial charge >= 0.3 is 5.97 Å². The van der Waals surface area contributed by atoms with Crippen molar-refractivity contribution in [3.63, 3.8) is 0 Å². The average Bonchev–Trinajstić information content (AvgIpc) is 3.12. The standard InChI is InChI=1S/C26H21NO7/c1-13-7-8-15(11-14(13)2)27-25(32)23(31)21(22(30)19-10-9-16(28)12-20(19)29)24-17-5-3-4-6-18(17)26(33)34-24/h3-12,21,24,28-29H,1-2H3,(H,27,32)/t21-,24+/m1/s1. The second-order valence-corrected chi connectivity index (χ2v) is 8.07. The van der Waals surface area contributed by atoms with E-state index in [1.165, 1.54) is 12.1 Å². The predicted molar refractivity (Wildman–Crippen MR) is 122 cm³/mol. The molecule has 0 saturated carbocycles. The third-order valence-corrected chi connectivity index (χ3v) is 5.82. The predicted octanol–water partition coefficient (Wildman–Crippen LogP) is 3.63. The number of carbonyl (C=O) groups excluding carboxylic acids is 4. The number of Topliss-reactive ketones (excluding diaryl/α,β-unsaturated/α-hetero) is 2. The lowest BCUT2D eigenvalue weighted by Crippen LogP contribution is -2.38. The van der Waals surface area contributed by atoms with Crippen molar-refractivity contribution >= 4 is 29.1 Å². The molecule has 2 atom stereocenters. The van der Waals surface area contributed by atoms with E-state index < -0.39 is 41.2 Å².